The molecule has 2 aromatic carbocycles. The summed E-state index contributed by atoms with van der Waals surface area (Å²) in [5.74, 6) is 1.27. The molecule has 0 radical (unpaired) electrons. The van der Waals surface area contributed by atoms with E-state index in [9.17, 15) is 4.79 Å². The van der Waals surface area contributed by atoms with Crippen molar-refractivity contribution in [1.82, 2.24) is 0 Å². The zero-order valence-corrected chi connectivity index (χ0v) is 13.9. The van der Waals surface area contributed by atoms with Crippen molar-refractivity contribution in [2.24, 2.45) is 0 Å². The maximum Gasteiger partial charge on any atom is 0.243 e. The monoisotopic (exact) mass is 364 g/mol. The lowest BCUT2D eigenvalue weighted by molar-refractivity contribution is -0.114. The normalized spacial score (nSPS) is 9.95. The van der Waals surface area contributed by atoms with Crippen LogP contribution in [0.25, 0.3) is 0 Å². The highest BCUT2D eigenvalue weighted by atomic mass is 79.9. The number of benzene rings is 2. The zero-order valence-electron chi connectivity index (χ0n) is 12.4. The molecule has 2 N–H and O–H groups in total. The van der Waals surface area contributed by atoms with E-state index in [1.165, 1.54) is 0 Å². The number of carbonyl (C=O) groups is 1. The van der Waals surface area contributed by atoms with E-state index in [4.69, 9.17) is 9.47 Å². The molecular formula is C16H17BrN2O3. The van der Waals surface area contributed by atoms with Gasteiger partial charge >= 0.3 is 0 Å². The third-order valence-electron chi connectivity index (χ3n) is 2.97. The van der Waals surface area contributed by atoms with E-state index in [0.29, 0.717) is 11.4 Å². The van der Waals surface area contributed by atoms with Crippen LogP contribution in [0.15, 0.2) is 46.9 Å². The van der Waals surface area contributed by atoms with Crippen molar-refractivity contribution in [2.45, 2.75) is 0 Å². The molecule has 0 spiro atoms. The van der Waals surface area contributed by atoms with Crippen molar-refractivity contribution in [3.63, 3.8) is 0 Å². The van der Waals surface area contributed by atoms with Crippen molar-refractivity contribution in [1.29, 1.82) is 0 Å². The van der Waals surface area contributed by atoms with E-state index in [0.717, 1.165) is 15.9 Å². The topological polar surface area (TPSA) is 59.6 Å². The van der Waals surface area contributed by atoms with Crippen LogP contribution in [-0.4, -0.2) is 26.7 Å². The fourth-order valence-electron chi connectivity index (χ4n) is 1.85. The molecule has 2 rings (SSSR count). The van der Waals surface area contributed by atoms with Gasteiger partial charge in [0.1, 0.15) is 11.5 Å². The number of rotatable bonds is 6. The predicted octanol–water partition coefficient (Wildman–Crippen LogP) is 3.52. The van der Waals surface area contributed by atoms with Crippen LogP contribution in [-0.2, 0) is 4.79 Å². The van der Waals surface area contributed by atoms with Crippen molar-refractivity contribution >= 4 is 33.2 Å². The predicted molar refractivity (Wildman–Crippen MR) is 90.8 cm³/mol. The van der Waals surface area contributed by atoms with E-state index in [1.54, 1.807) is 20.3 Å². The number of amides is 1. The van der Waals surface area contributed by atoms with E-state index in [1.807, 2.05) is 36.4 Å². The lowest BCUT2D eigenvalue weighted by Gasteiger charge is -2.11. The Balaban J connectivity index is 1.95. The van der Waals surface area contributed by atoms with Gasteiger partial charge in [-0.1, -0.05) is 6.07 Å². The number of methoxy groups -OCH3 is 2. The standard InChI is InChI=1S/C16H17BrN2O3/c1-21-12-5-3-4-11(8-12)19-16(20)10-18-15-9-13(22-2)6-7-14(15)17/h3-9,18H,10H2,1-2H3,(H,19,20). The lowest BCUT2D eigenvalue weighted by Crippen LogP contribution is -2.21. The average molecular weight is 365 g/mol. The van der Waals surface area contributed by atoms with E-state index >= 15 is 0 Å². The third-order valence-corrected chi connectivity index (χ3v) is 3.66. The number of anilines is 2. The first-order chi connectivity index (χ1) is 10.6. The molecule has 0 unspecified atom stereocenters. The molecule has 1 amide bonds. The third kappa shape index (κ3) is 4.39. The first kappa shape index (κ1) is 16.2. The van der Waals surface area contributed by atoms with Crippen LogP contribution in [0.4, 0.5) is 11.4 Å². The SMILES string of the molecule is COc1cccc(NC(=O)CNc2cc(OC)ccc2Br)c1. The van der Waals surface area contributed by atoms with Gasteiger partial charge in [0.2, 0.25) is 5.91 Å². The highest BCUT2D eigenvalue weighted by molar-refractivity contribution is 9.10. The highest BCUT2D eigenvalue weighted by Gasteiger charge is 2.06. The van der Waals surface area contributed by atoms with Crippen LogP contribution in [0.3, 0.4) is 0 Å². The Labute approximate surface area is 137 Å². The van der Waals surface area contributed by atoms with Gasteiger partial charge in [-0.3, -0.25) is 4.79 Å². The van der Waals surface area contributed by atoms with Gasteiger partial charge in [0.25, 0.3) is 0 Å². The zero-order chi connectivity index (χ0) is 15.9. The number of hydrogen-bond donors (Lipinski definition) is 2. The highest BCUT2D eigenvalue weighted by Crippen LogP contribution is 2.26. The molecule has 0 saturated heterocycles. The summed E-state index contributed by atoms with van der Waals surface area (Å²) in [7, 11) is 3.19. The molecule has 0 heterocycles. The van der Waals surface area contributed by atoms with E-state index in [2.05, 4.69) is 26.6 Å². The molecule has 2 aromatic rings. The van der Waals surface area contributed by atoms with Crippen molar-refractivity contribution in [3.05, 3.63) is 46.9 Å². The second-order valence-corrected chi connectivity index (χ2v) is 5.33. The summed E-state index contributed by atoms with van der Waals surface area (Å²) >= 11 is 3.43. The van der Waals surface area contributed by atoms with Crippen LogP contribution in [0.2, 0.25) is 0 Å². The van der Waals surface area contributed by atoms with Gasteiger partial charge in [0, 0.05) is 22.3 Å². The molecule has 0 saturated carbocycles. The summed E-state index contributed by atoms with van der Waals surface area (Å²) in [6.45, 7) is 0.142. The van der Waals surface area contributed by atoms with Crippen LogP contribution in [0.1, 0.15) is 0 Å². The van der Waals surface area contributed by atoms with E-state index < -0.39 is 0 Å². The van der Waals surface area contributed by atoms with Crippen LogP contribution in [0.5, 0.6) is 11.5 Å². The fraction of sp³-hybridized carbons (Fsp3) is 0.188. The maximum absolute atomic E-state index is 12.0. The minimum atomic E-state index is -0.150. The Morgan fingerprint density at radius 3 is 2.55 bits per heavy atom. The molecule has 0 aliphatic carbocycles. The summed E-state index contributed by atoms with van der Waals surface area (Å²) in [6.07, 6.45) is 0. The maximum atomic E-state index is 12.0. The summed E-state index contributed by atoms with van der Waals surface area (Å²) in [6, 6.07) is 12.7. The number of carbonyl (C=O) groups excluding carboxylic acids is 1. The molecule has 0 atom stereocenters. The molecule has 0 aliphatic heterocycles. The minimum absolute atomic E-state index is 0.142. The van der Waals surface area contributed by atoms with Crippen molar-refractivity contribution in [3.8, 4) is 11.5 Å². The van der Waals surface area contributed by atoms with Crippen LogP contribution < -0.4 is 20.1 Å². The fourth-order valence-corrected chi connectivity index (χ4v) is 2.24. The van der Waals surface area contributed by atoms with Crippen LogP contribution >= 0.6 is 15.9 Å². The average Bonchev–Trinajstić information content (AvgIpc) is 2.54. The van der Waals surface area contributed by atoms with Crippen molar-refractivity contribution < 1.29 is 14.3 Å². The van der Waals surface area contributed by atoms with E-state index in [-0.39, 0.29) is 12.5 Å². The first-order valence-electron chi connectivity index (χ1n) is 6.63. The molecule has 5 nitrogen and oxygen atoms in total. The molecule has 0 aliphatic rings. The molecular weight excluding hydrogens is 348 g/mol. The lowest BCUT2D eigenvalue weighted by atomic mass is 10.3. The largest absolute Gasteiger partial charge is 0.497 e. The van der Waals surface area contributed by atoms with Gasteiger partial charge in [-0.25, -0.2) is 0 Å². The summed E-state index contributed by atoms with van der Waals surface area (Å²) in [4.78, 5) is 12.0. The smallest absolute Gasteiger partial charge is 0.243 e. The number of ether oxygens (including phenoxy) is 2. The van der Waals surface area contributed by atoms with Gasteiger partial charge in [0.05, 0.1) is 26.5 Å². The molecule has 22 heavy (non-hydrogen) atoms. The number of halogens is 1. The Bertz CT molecular complexity index is 662. The molecule has 6 heteroatoms. The Morgan fingerprint density at radius 1 is 1.09 bits per heavy atom. The minimum Gasteiger partial charge on any atom is -0.497 e. The van der Waals surface area contributed by atoms with Crippen LogP contribution in [0, 0.1) is 0 Å². The van der Waals surface area contributed by atoms with Gasteiger partial charge in [-0.05, 0) is 40.2 Å². The Kier molecular flexibility index (Phi) is 5.66. The Morgan fingerprint density at radius 2 is 1.82 bits per heavy atom. The Hall–Kier alpha value is -2.21. The second kappa shape index (κ2) is 7.70. The van der Waals surface area contributed by atoms with Gasteiger partial charge in [0.15, 0.2) is 0 Å². The number of hydrogen-bond acceptors (Lipinski definition) is 4. The second-order valence-electron chi connectivity index (χ2n) is 4.48. The summed E-state index contributed by atoms with van der Waals surface area (Å²) in [5.41, 5.74) is 1.48. The molecule has 0 bridgehead atoms. The molecule has 0 fully saturated rings. The summed E-state index contributed by atoms with van der Waals surface area (Å²) in [5, 5.41) is 5.87. The van der Waals surface area contributed by atoms with Gasteiger partial charge in [-0.2, -0.15) is 0 Å². The summed E-state index contributed by atoms with van der Waals surface area (Å²) < 4.78 is 11.1. The quantitative estimate of drug-likeness (QED) is 0.823. The number of nitrogens with one attached hydrogen (secondary N) is 2. The first-order valence-corrected chi connectivity index (χ1v) is 7.43. The van der Waals surface area contributed by atoms with Crippen molar-refractivity contribution in [2.75, 3.05) is 31.4 Å². The van der Waals surface area contributed by atoms with Gasteiger partial charge < -0.3 is 20.1 Å². The van der Waals surface area contributed by atoms with Gasteiger partial charge in [-0.15, -0.1) is 0 Å². The molecule has 116 valence electrons. The molecule has 0 aromatic heterocycles.